The van der Waals surface area contributed by atoms with Gasteiger partial charge in [0.25, 0.3) is 0 Å². The molecule has 4 heteroatoms. The minimum Gasteiger partial charge on any atom is -0.359 e. The second-order valence-electron chi connectivity index (χ2n) is 3.51. The van der Waals surface area contributed by atoms with Gasteiger partial charge in [0, 0.05) is 30.5 Å². The van der Waals surface area contributed by atoms with Crippen molar-refractivity contribution >= 4 is 12.7 Å². The standard InChI is InChI=1S/C11H16N2O2/c1-10-6-11(8-14)7-13(10)5-3-2-4-12-9-15/h6-9H,2-5H2,1H3,(H,12,15). The zero-order valence-electron chi connectivity index (χ0n) is 8.90. The molecular formula is C11H16N2O2. The Hall–Kier alpha value is -1.58. The number of carbonyl (C=O) groups is 2. The molecule has 1 aromatic rings. The maximum absolute atomic E-state index is 10.5. The van der Waals surface area contributed by atoms with E-state index < -0.39 is 0 Å². The van der Waals surface area contributed by atoms with Gasteiger partial charge in [-0.25, -0.2) is 0 Å². The van der Waals surface area contributed by atoms with Crippen molar-refractivity contribution in [2.45, 2.75) is 26.3 Å². The van der Waals surface area contributed by atoms with Crippen LogP contribution in [0.1, 0.15) is 28.9 Å². The van der Waals surface area contributed by atoms with Crippen LogP contribution in [0.3, 0.4) is 0 Å². The predicted octanol–water partition coefficient (Wildman–Crippen LogP) is 1.14. The number of hydrogen-bond donors (Lipinski definition) is 1. The van der Waals surface area contributed by atoms with E-state index in [1.807, 2.05) is 19.2 Å². The Bertz CT molecular complexity index is 331. The van der Waals surface area contributed by atoms with Crippen molar-refractivity contribution in [3.63, 3.8) is 0 Å². The molecule has 0 saturated heterocycles. The predicted molar refractivity (Wildman–Crippen MR) is 57.9 cm³/mol. The number of unbranched alkanes of at least 4 members (excludes halogenated alkanes) is 1. The molecule has 82 valence electrons. The molecule has 1 amide bonds. The van der Waals surface area contributed by atoms with Crippen molar-refractivity contribution < 1.29 is 9.59 Å². The second kappa shape index (κ2) is 6.01. The Balaban J connectivity index is 2.33. The second-order valence-corrected chi connectivity index (χ2v) is 3.51. The Labute approximate surface area is 89.3 Å². The first-order chi connectivity index (χ1) is 7.27. The molecule has 0 spiro atoms. The molecule has 1 N–H and O–H groups in total. The molecular weight excluding hydrogens is 192 g/mol. The van der Waals surface area contributed by atoms with E-state index in [-0.39, 0.29) is 0 Å². The molecule has 1 aromatic heterocycles. The summed E-state index contributed by atoms with van der Waals surface area (Å²) in [7, 11) is 0. The van der Waals surface area contributed by atoms with E-state index in [1.165, 1.54) is 0 Å². The summed E-state index contributed by atoms with van der Waals surface area (Å²) in [4.78, 5) is 20.5. The van der Waals surface area contributed by atoms with Gasteiger partial charge in [-0.2, -0.15) is 0 Å². The SMILES string of the molecule is Cc1cc(C=O)cn1CCCCNC=O. The third-order valence-corrected chi connectivity index (χ3v) is 2.32. The van der Waals surface area contributed by atoms with Crippen molar-refractivity contribution in [2.75, 3.05) is 6.54 Å². The van der Waals surface area contributed by atoms with Gasteiger partial charge in [0.05, 0.1) is 0 Å². The maximum Gasteiger partial charge on any atom is 0.207 e. The molecule has 0 aliphatic heterocycles. The van der Waals surface area contributed by atoms with E-state index in [2.05, 4.69) is 9.88 Å². The fourth-order valence-electron chi connectivity index (χ4n) is 1.52. The molecule has 4 nitrogen and oxygen atoms in total. The normalized spacial score (nSPS) is 9.93. The van der Waals surface area contributed by atoms with Crippen LogP contribution in [0, 0.1) is 6.92 Å². The van der Waals surface area contributed by atoms with E-state index in [0.717, 1.165) is 36.9 Å². The number of hydrogen-bond acceptors (Lipinski definition) is 2. The Morgan fingerprint density at radius 3 is 2.80 bits per heavy atom. The smallest absolute Gasteiger partial charge is 0.207 e. The fourth-order valence-corrected chi connectivity index (χ4v) is 1.52. The number of amides is 1. The number of aldehydes is 1. The Morgan fingerprint density at radius 1 is 1.40 bits per heavy atom. The molecule has 0 aliphatic rings. The average molecular weight is 208 g/mol. The molecule has 0 unspecified atom stereocenters. The van der Waals surface area contributed by atoms with E-state index >= 15 is 0 Å². The minimum absolute atomic E-state index is 0.713. The highest BCUT2D eigenvalue weighted by Gasteiger charge is 2.00. The van der Waals surface area contributed by atoms with Crippen LogP contribution in [0.4, 0.5) is 0 Å². The number of nitrogens with zero attached hydrogens (tertiary/aromatic N) is 1. The highest BCUT2D eigenvalue weighted by Crippen LogP contribution is 2.07. The summed E-state index contributed by atoms with van der Waals surface area (Å²) in [5.74, 6) is 0. The third kappa shape index (κ3) is 3.58. The molecule has 0 radical (unpaired) electrons. The number of aryl methyl sites for hydroxylation is 2. The minimum atomic E-state index is 0.713. The average Bonchev–Trinajstić information content (AvgIpc) is 2.59. The lowest BCUT2D eigenvalue weighted by atomic mass is 10.3. The van der Waals surface area contributed by atoms with Crippen molar-refractivity contribution in [3.8, 4) is 0 Å². The lowest BCUT2D eigenvalue weighted by Crippen LogP contribution is -2.12. The van der Waals surface area contributed by atoms with Crippen LogP contribution in [-0.4, -0.2) is 23.8 Å². The van der Waals surface area contributed by atoms with Gasteiger partial charge in [-0.05, 0) is 25.8 Å². The van der Waals surface area contributed by atoms with Crippen molar-refractivity contribution in [1.82, 2.24) is 9.88 Å². The van der Waals surface area contributed by atoms with Gasteiger partial charge in [0.2, 0.25) is 6.41 Å². The van der Waals surface area contributed by atoms with Gasteiger partial charge < -0.3 is 9.88 Å². The van der Waals surface area contributed by atoms with Crippen molar-refractivity contribution in [1.29, 1.82) is 0 Å². The van der Waals surface area contributed by atoms with Crippen LogP contribution in [0.5, 0.6) is 0 Å². The van der Waals surface area contributed by atoms with Crippen molar-refractivity contribution in [3.05, 3.63) is 23.5 Å². The van der Waals surface area contributed by atoms with Gasteiger partial charge >= 0.3 is 0 Å². The van der Waals surface area contributed by atoms with Crippen LogP contribution in [-0.2, 0) is 11.3 Å². The number of rotatable bonds is 7. The number of nitrogens with one attached hydrogen (secondary N) is 1. The molecule has 0 saturated carbocycles. The maximum atomic E-state index is 10.5. The largest absolute Gasteiger partial charge is 0.359 e. The molecule has 15 heavy (non-hydrogen) atoms. The van der Waals surface area contributed by atoms with Crippen LogP contribution in [0.25, 0.3) is 0 Å². The third-order valence-electron chi connectivity index (χ3n) is 2.32. The Kier molecular flexibility index (Phi) is 4.60. The molecule has 0 atom stereocenters. The van der Waals surface area contributed by atoms with Gasteiger partial charge in [0.15, 0.2) is 6.29 Å². The van der Waals surface area contributed by atoms with Crippen molar-refractivity contribution in [2.24, 2.45) is 0 Å². The van der Waals surface area contributed by atoms with Crippen LogP contribution < -0.4 is 5.32 Å². The van der Waals surface area contributed by atoms with E-state index in [4.69, 9.17) is 0 Å². The summed E-state index contributed by atoms with van der Waals surface area (Å²) in [6.07, 6.45) is 5.37. The zero-order valence-corrected chi connectivity index (χ0v) is 8.90. The quantitative estimate of drug-likeness (QED) is 0.539. The summed E-state index contributed by atoms with van der Waals surface area (Å²) in [5, 5.41) is 2.62. The molecule has 0 aliphatic carbocycles. The fraction of sp³-hybridized carbons (Fsp3) is 0.455. The molecule has 1 heterocycles. The molecule has 0 fully saturated rings. The summed E-state index contributed by atoms with van der Waals surface area (Å²) < 4.78 is 2.06. The summed E-state index contributed by atoms with van der Waals surface area (Å²) in [6.45, 7) is 3.58. The topological polar surface area (TPSA) is 51.1 Å². The highest BCUT2D eigenvalue weighted by atomic mass is 16.1. The van der Waals surface area contributed by atoms with E-state index in [1.54, 1.807) is 0 Å². The number of carbonyl (C=O) groups excluding carboxylic acids is 2. The van der Waals surface area contributed by atoms with Gasteiger partial charge in [0.1, 0.15) is 0 Å². The van der Waals surface area contributed by atoms with Gasteiger partial charge in [-0.15, -0.1) is 0 Å². The van der Waals surface area contributed by atoms with Gasteiger partial charge in [-0.3, -0.25) is 9.59 Å². The van der Waals surface area contributed by atoms with Crippen LogP contribution >= 0.6 is 0 Å². The lowest BCUT2D eigenvalue weighted by molar-refractivity contribution is -0.109. The van der Waals surface area contributed by atoms with E-state index in [9.17, 15) is 9.59 Å². The molecule has 0 aromatic carbocycles. The first-order valence-electron chi connectivity index (χ1n) is 5.07. The van der Waals surface area contributed by atoms with Crippen LogP contribution in [0.2, 0.25) is 0 Å². The summed E-state index contributed by atoms with van der Waals surface area (Å²) >= 11 is 0. The first kappa shape index (κ1) is 11.5. The van der Waals surface area contributed by atoms with E-state index in [0.29, 0.717) is 13.0 Å². The zero-order chi connectivity index (χ0) is 11.1. The van der Waals surface area contributed by atoms with Crippen LogP contribution in [0.15, 0.2) is 12.3 Å². The Morgan fingerprint density at radius 2 is 2.20 bits per heavy atom. The monoisotopic (exact) mass is 208 g/mol. The summed E-state index contributed by atoms with van der Waals surface area (Å²) in [5.41, 5.74) is 1.82. The molecule has 0 bridgehead atoms. The highest BCUT2D eigenvalue weighted by molar-refractivity contribution is 5.74. The lowest BCUT2D eigenvalue weighted by Gasteiger charge is -2.05. The molecule has 1 rings (SSSR count). The first-order valence-corrected chi connectivity index (χ1v) is 5.07. The van der Waals surface area contributed by atoms with Gasteiger partial charge in [-0.1, -0.05) is 0 Å². The number of aromatic nitrogens is 1. The summed E-state index contributed by atoms with van der Waals surface area (Å²) in [6, 6.07) is 1.87.